The summed E-state index contributed by atoms with van der Waals surface area (Å²) in [6.07, 6.45) is 1.15. The van der Waals surface area contributed by atoms with Gasteiger partial charge in [-0.05, 0) is 25.7 Å². The van der Waals surface area contributed by atoms with Gasteiger partial charge in [0.2, 0.25) is 0 Å². The lowest BCUT2D eigenvalue weighted by Gasteiger charge is -2.16. The molecule has 0 aromatic heterocycles. The molecule has 0 aliphatic rings. The van der Waals surface area contributed by atoms with Crippen LogP contribution in [0.4, 0.5) is 0 Å². The maximum absolute atomic E-state index is 11.0. The molecule has 0 aliphatic heterocycles. The lowest BCUT2D eigenvalue weighted by molar-refractivity contribution is -0.291. The van der Waals surface area contributed by atoms with Crippen molar-refractivity contribution in [2.45, 2.75) is 53.6 Å². The molecule has 3 nitrogen and oxygen atoms in total. The van der Waals surface area contributed by atoms with E-state index in [0.717, 1.165) is 6.42 Å². The van der Waals surface area contributed by atoms with Crippen molar-refractivity contribution in [2.75, 3.05) is 0 Å². The molecular formula is C10H20O3. The van der Waals surface area contributed by atoms with Crippen LogP contribution < -0.4 is 0 Å². The summed E-state index contributed by atoms with van der Waals surface area (Å²) in [5.41, 5.74) is 0.164. The van der Waals surface area contributed by atoms with Gasteiger partial charge in [-0.25, -0.2) is 4.79 Å². The Morgan fingerprint density at radius 3 is 2.23 bits per heavy atom. The zero-order valence-electron chi connectivity index (χ0n) is 9.22. The monoisotopic (exact) mass is 188 g/mol. The molecule has 0 amide bonds. The molecule has 3 heteroatoms. The average Bonchev–Trinajstić information content (AvgIpc) is 1.95. The van der Waals surface area contributed by atoms with Gasteiger partial charge in [-0.15, -0.1) is 0 Å². The van der Waals surface area contributed by atoms with E-state index in [9.17, 15) is 4.79 Å². The zero-order valence-corrected chi connectivity index (χ0v) is 9.22. The molecule has 0 saturated heterocycles. The van der Waals surface area contributed by atoms with Crippen LogP contribution in [-0.4, -0.2) is 12.1 Å². The van der Waals surface area contributed by atoms with Gasteiger partial charge in [-0.2, -0.15) is 4.89 Å². The SMILES string of the molecule is CC(C)OOC(=O)CCC(C)(C)C. The predicted molar refractivity (Wildman–Crippen MR) is 51.0 cm³/mol. The summed E-state index contributed by atoms with van der Waals surface area (Å²) in [5, 5.41) is 0. The third kappa shape index (κ3) is 9.34. The first-order valence-corrected chi connectivity index (χ1v) is 4.67. The third-order valence-electron chi connectivity index (χ3n) is 1.41. The Labute approximate surface area is 80.3 Å². The van der Waals surface area contributed by atoms with Crippen molar-refractivity contribution in [3.05, 3.63) is 0 Å². The standard InChI is InChI=1S/C10H20O3/c1-8(2)12-13-9(11)6-7-10(3,4)5/h8H,6-7H2,1-5H3. The van der Waals surface area contributed by atoms with E-state index in [-0.39, 0.29) is 17.5 Å². The van der Waals surface area contributed by atoms with Gasteiger partial charge in [0.25, 0.3) is 0 Å². The smallest absolute Gasteiger partial charge is 0.298 e. The molecular weight excluding hydrogens is 168 g/mol. The second-order valence-electron chi connectivity index (χ2n) is 4.66. The maximum atomic E-state index is 11.0. The minimum Gasteiger partial charge on any atom is -0.298 e. The van der Waals surface area contributed by atoms with Gasteiger partial charge in [0.1, 0.15) is 0 Å². The summed E-state index contributed by atoms with van der Waals surface area (Å²) in [5.74, 6) is -0.288. The van der Waals surface area contributed by atoms with Gasteiger partial charge in [-0.3, -0.25) is 4.89 Å². The molecule has 13 heavy (non-hydrogen) atoms. The van der Waals surface area contributed by atoms with Crippen molar-refractivity contribution >= 4 is 5.97 Å². The summed E-state index contributed by atoms with van der Waals surface area (Å²) in [6.45, 7) is 9.89. The molecule has 0 rings (SSSR count). The Hall–Kier alpha value is -0.570. The van der Waals surface area contributed by atoms with Crippen molar-refractivity contribution in [1.82, 2.24) is 0 Å². The van der Waals surface area contributed by atoms with Crippen molar-refractivity contribution in [3.63, 3.8) is 0 Å². The normalized spacial score (nSPS) is 11.8. The molecule has 78 valence electrons. The predicted octanol–water partition coefficient (Wildman–Crippen LogP) is 2.70. The Morgan fingerprint density at radius 1 is 1.31 bits per heavy atom. The van der Waals surface area contributed by atoms with Crippen LogP contribution in [0.25, 0.3) is 0 Å². The van der Waals surface area contributed by atoms with Crippen LogP contribution in [0.3, 0.4) is 0 Å². The first kappa shape index (κ1) is 12.4. The van der Waals surface area contributed by atoms with E-state index in [1.165, 1.54) is 0 Å². The van der Waals surface area contributed by atoms with E-state index in [4.69, 9.17) is 4.89 Å². The third-order valence-corrected chi connectivity index (χ3v) is 1.41. The van der Waals surface area contributed by atoms with Gasteiger partial charge in [0.05, 0.1) is 6.10 Å². The second-order valence-corrected chi connectivity index (χ2v) is 4.66. The summed E-state index contributed by atoms with van der Waals surface area (Å²) in [4.78, 5) is 20.3. The van der Waals surface area contributed by atoms with Crippen LogP contribution in [0, 0.1) is 5.41 Å². The Kier molecular flexibility index (Phi) is 4.99. The Bertz CT molecular complexity index is 156. The van der Waals surface area contributed by atoms with Gasteiger partial charge in [-0.1, -0.05) is 20.8 Å². The Morgan fingerprint density at radius 2 is 1.85 bits per heavy atom. The fraction of sp³-hybridized carbons (Fsp3) is 0.900. The van der Waals surface area contributed by atoms with E-state index in [1.54, 1.807) is 0 Å². The highest BCUT2D eigenvalue weighted by atomic mass is 17.2. The van der Waals surface area contributed by atoms with Crippen LogP contribution in [-0.2, 0) is 14.6 Å². The number of carbonyl (C=O) groups is 1. The van der Waals surface area contributed by atoms with Gasteiger partial charge in [0, 0.05) is 6.42 Å². The van der Waals surface area contributed by atoms with Gasteiger partial charge in [0.15, 0.2) is 0 Å². The molecule has 0 heterocycles. The van der Waals surface area contributed by atoms with E-state index < -0.39 is 0 Å². The summed E-state index contributed by atoms with van der Waals surface area (Å²) in [6, 6.07) is 0. The molecule has 0 aromatic rings. The van der Waals surface area contributed by atoms with Crippen molar-refractivity contribution in [1.29, 1.82) is 0 Å². The quantitative estimate of drug-likeness (QED) is 0.502. The number of rotatable bonds is 4. The molecule has 0 aromatic carbocycles. The largest absolute Gasteiger partial charge is 0.342 e. The molecule has 0 radical (unpaired) electrons. The summed E-state index contributed by atoms with van der Waals surface area (Å²) >= 11 is 0. The second kappa shape index (κ2) is 5.22. The highest BCUT2D eigenvalue weighted by molar-refractivity contribution is 5.68. The van der Waals surface area contributed by atoms with Crippen LogP contribution in [0.5, 0.6) is 0 Å². The molecule has 0 bridgehead atoms. The van der Waals surface area contributed by atoms with Crippen molar-refractivity contribution < 1.29 is 14.6 Å². The average molecular weight is 188 g/mol. The zero-order chi connectivity index (χ0) is 10.5. The lowest BCUT2D eigenvalue weighted by atomic mass is 9.91. The number of carbonyl (C=O) groups excluding carboxylic acids is 1. The van der Waals surface area contributed by atoms with Gasteiger partial charge >= 0.3 is 5.97 Å². The highest BCUT2D eigenvalue weighted by Gasteiger charge is 2.14. The topological polar surface area (TPSA) is 35.5 Å². The molecule has 0 aliphatic carbocycles. The van der Waals surface area contributed by atoms with Crippen LogP contribution in [0.15, 0.2) is 0 Å². The van der Waals surface area contributed by atoms with Crippen molar-refractivity contribution in [3.8, 4) is 0 Å². The van der Waals surface area contributed by atoms with Crippen LogP contribution >= 0.6 is 0 Å². The lowest BCUT2D eigenvalue weighted by Crippen LogP contribution is -2.13. The number of hydrogen-bond acceptors (Lipinski definition) is 3. The molecule has 0 fully saturated rings. The maximum Gasteiger partial charge on any atom is 0.342 e. The molecule has 0 N–H and O–H groups in total. The van der Waals surface area contributed by atoms with E-state index in [0.29, 0.717) is 6.42 Å². The number of hydrogen-bond donors (Lipinski definition) is 0. The first-order valence-electron chi connectivity index (χ1n) is 4.67. The molecule has 0 atom stereocenters. The van der Waals surface area contributed by atoms with Crippen molar-refractivity contribution in [2.24, 2.45) is 5.41 Å². The summed E-state index contributed by atoms with van der Waals surface area (Å²) in [7, 11) is 0. The molecule has 0 unspecified atom stereocenters. The first-order chi connectivity index (χ1) is 5.81. The minimum absolute atomic E-state index is 0.0708. The van der Waals surface area contributed by atoms with E-state index >= 15 is 0 Å². The fourth-order valence-electron chi connectivity index (χ4n) is 0.669. The Balaban J connectivity index is 3.53. The van der Waals surface area contributed by atoms with E-state index in [1.807, 2.05) is 13.8 Å². The summed E-state index contributed by atoms with van der Waals surface area (Å²) < 4.78 is 0. The molecule has 0 spiro atoms. The van der Waals surface area contributed by atoms with Crippen LogP contribution in [0.1, 0.15) is 47.5 Å². The fourth-order valence-corrected chi connectivity index (χ4v) is 0.669. The minimum atomic E-state index is -0.288. The van der Waals surface area contributed by atoms with E-state index in [2.05, 4.69) is 25.7 Å². The molecule has 0 saturated carbocycles. The highest BCUT2D eigenvalue weighted by Crippen LogP contribution is 2.20. The van der Waals surface area contributed by atoms with Crippen LogP contribution in [0.2, 0.25) is 0 Å². The van der Waals surface area contributed by atoms with Gasteiger partial charge < -0.3 is 0 Å².